The largest absolute Gasteiger partial charge is 0.497 e. The van der Waals surface area contributed by atoms with Gasteiger partial charge >= 0.3 is 5.97 Å². The number of aryl methyl sites for hydroxylation is 3. The predicted molar refractivity (Wildman–Crippen MR) is 104 cm³/mol. The van der Waals surface area contributed by atoms with Gasteiger partial charge in [0.05, 0.1) is 32.3 Å². The van der Waals surface area contributed by atoms with Crippen LogP contribution in [0, 0.1) is 11.3 Å². The second-order valence-corrected chi connectivity index (χ2v) is 6.33. The molecule has 5 nitrogen and oxygen atoms in total. The highest BCUT2D eigenvalue weighted by molar-refractivity contribution is 5.96. The van der Waals surface area contributed by atoms with E-state index in [9.17, 15) is 4.79 Å². The summed E-state index contributed by atoms with van der Waals surface area (Å²) in [7, 11) is 3.04. The third kappa shape index (κ3) is 4.12. The number of carbonyl (C=O) groups excluding carboxylic acids is 1. The first-order valence-electron chi connectivity index (χ1n) is 8.86. The van der Waals surface area contributed by atoms with Gasteiger partial charge in [-0.1, -0.05) is 12.1 Å². The Bertz CT molecular complexity index is 981. The third-order valence-electron chi connectivity index (χ3n) is 4.69. The van der Waals surface area contributed by atoms with Crippen LogP contribution >= 0.6 is 0 Å². The first kappa shape index (κ1) is 18.5. The minimum absolute atomic E-state index is 0.345. The van der Waals surface area contributed by atoms with Crippen molar-refractivity contribution in [1.82, 2.24) is 4.57 Å². The summed E-state index contributed by atoms with van der Waals surface area (Å²) < 4.78 is 12.1. The number of nitrogens with zero attached hydrogens (tertiary/aromatic N) is 2. The molecule has 0 unspecified atom stereocenters. The molecule has 0 aliphatic rings. The van der Waals surface area contributed by atoms with Gasteiger partial charge in [-0.15, -0.1) is 0 Å². The fraction of sp³-hybridized carbons (Fsp3) is 0.273. The number of aromatic nitrogens is 1. The first-order chi connectivity index (χ1) is 13.2. The number of methoxy groups -OCH3 is 2. The highest BCUT2D eigenvalue weighted by atomic mass is 16.5. The van der Waals surface area contributed by atoms with E-state index in [4.69, 9.17) is 14.7 Å². The highest BCUT2D eigenvalue weighted by Crippen LogP contribution is 2.25. The molecule has 0 aliphatic heterocycles. The van der Waals surface area contributed by atoms with Gasteiger partial charge in [0.15, 0.2) is 0 Å². The molecule has 0 radical (unpaired) electrons. The Labute approximate surface area is 158 Å². The van der Waals surface area contributed by atoms with E-state index in [-0.39, 0.29) is 5.97 Å². The van der Waals surface area contributed by atoms with Gasteiger partial charge in [0.2, 0.25) is 0 Å². The zero-order valence-corrected chi connectivity index (χ0v) is 15.6. The van der Waals surface area contributed by atoms with Crippen LogP contribution in [0.1, 0.15) is 27.9 Å². The predicted octanol–water partition coefficient (Wildman–Crippen LogP) is 4.14. The van der Waals surface area contributed by atoms with E-state index in [1.807, 2.05) is 24.3 Å². The van der Waals surface area contributed by atoms with Crippen LogP contribution in [0.5, 0.6) is 5.75 Å². The van der Waals surface area contributed by atoms with Gasteiger partial charge in [0.25, 0.3) is 0 Å². The lowest BCUT2D eigenvalue weighted by Gasteiger charge is -2.04. The fourth-order valence-corrected chi connectivity index (χ4v) is 3.24. The normalized spacial score (nSPS) is 10.6. The van der Waals surface area contributed by atoms with E-state index in [2.05, 4.69) is 29.0 Å². The number of fused-ring (bicyclic) bond motifs is 1. The lowest BCUT2D eigenvalue weighted by molar-refractivity contribution is 0.0601. The first-order valence-corrected chi connectivity index (χ1v) is 8.86. The van der Waals surface area contributed by atoms with Crippen molar-refractivity contribution >= 4 is 16.9 Å². The molecule has 0 spiro atoms. The van der Waals surface area contributed by atoms with Crippen molar-refractivity contribution in [2.75, 3.05) is 14.2 Å². The Morgan fingerprint density at radius 2 is 1.89 bits per heavy atom. The minimum atomic E-state index is -0.345. The van der Waals surface area contributed by atoms with Crippen molar-refractivity contribution in [3.8, 4) is 11.8 Å². The van der Waals surface area contributed by atoms with Gasteiger partial charge < -0.3 is 14.0 Å². The van der Waals surface area contributed by atoms with Crippen molar-refractivity contribution < 1.29 is 14.3 Å². The molecule has 1 heterocycles. The van der Waals surface area contributed by atoms with Gasteiger partial charge in [0, 0.05) is 23.6 Å². The second kappa shape index (κ2) is 8.41. The molecule has 27 heavy (non-hydrogen) atoms. The van der Waals surface area contributed by atoms with Gasteiger partial charge in [-0.05, 0) is 54.3 Å². The van der Waals surface area contributed by atoms with Gasteiger partial charge in [-0.25, -0.2) is 4.79 Å². The van der Waals surface area contributed by atoms with Crippen molar-refractivity contribution in [2.45, 2.75) is 25.8 Å². The Hall–Kier alpha value is -3.26. The van der Waals surface area contributed by atoms with E-state index in [0.29, 0.717) is 18.5 Å². The van der Waals surface area contributed by atoms with Crippen LogP contribution in [0.2, 0.25) is 0 Å². The summed E-state index contributed by atoms with van der Waals surface area (Å²) in [4.78, 5) is 11.9. The maximum atomic E-state index is 11.9. The molecule has 3 aromatic rings. The highest BCUT2D eigenvalue weighted by Gasteiger charge is 2.13. The van der Waals surface area contributed by atoms with E-state index in [1.54, 1.807) is 13.2 Å². The SMILES string of the molecule is COC(=O)c1ccc2c(c1)c(CCc1ccc(OC)cc1)cn2CCC#N. The average Bonchev–Trinajstić information content (AvgIpc) is 3.07. The smallest absolute Gasteiger partial charge is 0.337 e. The minimum Gasteiger partial charge on any atom is -0.497 e. The van der Waals surface area contributed by atoms with Crippen LogP contribution in [0.15, 0.2) is 48.7 Å². The lowest BCUT2D eigenvalue weighted by Crippen LogP contribution is -2.01. The third-order valence-corrected chi connectivity index (χ3v) is 4.69. The molecule has 138 valence electrons. The van der Waals surface area contributed by atoms with Crippen molar-refractivity contribution in [3.63, 3.8) is 0 Å². The Morgan fingerprint density at radius 1 is 1.11 bits per heavy atom. The molecule has 0 N–H and O–H groups in total. The fourth-order valence-electron chi connectivity index (χ4n) is 3.24. The molecular formula is C22H22N2O3. The van der Waals surface area contributed by atoms with Gasteiger partial charge in [-0.3, -0.25) is 0 Å². The molecule has 3 rings (SSSR count). The van der Waals surface area contributed by atoms with Crippen LogP contribution in [0.25, 0.3) is 10.9 Å². The van der Waals surface area contributed by atoms with E-state index in [0.717, 1.165) is 35.1 Å². The zero-order valence-electron chi connectivity index (χ0n) is 15.6. The number of hydrogen-bond acceptors (Lipinski definition) is 4. The summed E-state index contributed by atoms with van der Waals surface area (Å²) >= 11 is 0. The maximum Gasteiger partial charge on any atom is 0.337 e. The van der Waals surface area contributed by atoms with Crippen molar-refractivity contribution in [2.24, 2.45) is 0 Å². The summed E-state index contributed by atoms with van der Waals surface area (Å²) in [5.41, 5.74) is 3.94. The number of hydrogen-bond donors (Lipinski definition) is 0. The quantitative estimate of drug-likeness (QED) is 0.593. The van der Waals surface area contributed by atoms with E-state index >= 15 is 0 Å². The molecule has 0 amide bonds. The Balaban J connectivity index is 1.91. The monoisotopic (exact) mass is 362 g/mol. The molecule has 0 bridgehead atoms. The van der Waals surface area contributed by atoms with E-state index < -0.39 is 0 Å². The molecule has 5 heteroatoms. The number of carbonyl (C=O) groups is 1. The summed E-state index contributed by atoms with van der Waals surface area (Å²) in [6.07, 6.45) is 4.25. The molecule has 2 aromatic carbocycles. The molecule has 0 atom stereocenters. The number of esters is 1. The maximum absolute atomic E-state index is 11.9. The van der Waals surface area contributed by atoms with Crippen LogP contribution in [0.4, 0.5) is 0 Å². The van der Waals surface area contributed by atoms with Crippen LogP contribution in [0.3, 0.4) is 0 Å². The Morgan fingerprint density at radius 3 is 2.56 bits per heavy atom. The molecule has 1 aromatic heterocycles. The summed E-state index contributed by atoms with van der Waals surface area (Å²) in [6.45, 7) is 0.632. The van der Waals surface area contributed by atoms with Gasteiger partial charge in [-0.2, -0.15) is 5.26 Å². The van der Waals surface area contributed by atoms with Crippen LogP contribution < -0.4 is 4.74 Å². The number of nitriles is 1. The summed E-state index contributed by atoms with van der Waals surface area (Å²) in [6, 6.07) is 15.8. The van der Waals surface area contributed by atoms with Gasteiger partial charge in [0.1, 0.15) is 5.75 Å². The van der Waals surface area contributed by atoms with Crippen molar-refractivity contribution in [1.29, 1.82) is 5.26 Å². The second-order valence-electron chi connectivity index (χ2n) is 6.33. The Kier molecular flexibility index (Phi) is 5.77. The molecule has 0 saturated carbocycles. The van der Waals surface area contributed by atoms with Crippen LogP contribution in [-0.2, 0) is 24.1 Å². The topological polar surface area (TPSA) is 64.2 Å². The molecule has 0 fully saturated rings. The number of rotatable bonds is 7. The number of ether oxygens (including phenoxy) is 2. The molecule has 0 saturated heterocycles. The average molecular weight is 362 g/mol. The van der Waals surface area contributed by atoms with Crippen LogP contribution in [-0.4, -0.2) is 24.8 Å². The lowest BCUT2D eigenvalue weighted by atomic mass is 10.0. The van der Waals surface area contributed by atoms with E-state index in [1.165, 1.54) is 12.7 Å². The van der Waals surface area contributed by atoms with Crippen molar-refractivity contribution in [3.05, 3.63) is 65.4 Å². The zero-order chi connectivity index (χ0) is 19.2. The summed E-state index contributed by atoms with van der Waals surface area (Å²) in [5, 5.41) is 9.95. The standard InChI is InChI=1S/C22H22N2O3/c1-26-19-9-5-16(6-10-19)4-7-18-15-24(13-3-12-23)21-11-8-17(14-20(18)21)22(25)27-2/h5-6,8-11,14-15H,3-4,7,13H2,1-2H3. The number of benzene rings is 2. The molecular weight excluding hydrogens is 340 g/mol. The molecule has 0 aliphatic carbocycles. The summed E-state index contributed by atoms with van der Waals surface area (Å²) in [5.74, 6) is 0.498.